The Bertz CT molecular complexity index is 1410. The van der Waals surface area contributed by atoms with Crippen LogP contribution in [0, 0.1) is 6.92 Å². The Morgan fingerprint density at radius 3 is 2.71 bits per heavy atom. The average molecular weight is 454 g/mol. The van der Waals surface area contributed by atoms with E-state index in [4.69, 9.17) is 4.98 Å². The lowest BCUT2D eigenvalue weighted by Gasteiger charge is -2.36. The van der Waals surface area contributed by atoms with Gasteiger partial charge >= 0.3 is 0 Å². The second-order valence-corrected chi connectivity index (χ2v) is 9.73. The number of hydrogen-bond acceptors (Lipinski definition) is 5. The van der Waals surface area contributed by atoms with Crippen LogP contribution in [-0.2, 0) is 5.66 Å². The number of hydrogen-bond donors (Lipinski definition) is 0. The van der Waals surface area contributed by atoms with Crippen molar-refractivity contribution in [2.24, 2.45) is 0 Å². The van der Waals surface area contributed by atoms with Gasteiger partial charge in [0.05, 0.1) is 12.0 Å². The second kappa shape index (κ2) is 7.35. The first-order valence-corrected chi connectivity index (χ1v) is 11.7. The van der Waals surface area contributed by atoms with Crippen molar-refractivity contribution < 1.29 is 4.79 Å². The molecule has 4 aromatic rings. The largest absolute Gasteiger partial charge is 0.310 e. The number of carbonyl (C=O) groups excluding carboxylic acids is 1. The molecule has 1 saturated carbocycles. The van der Waals surface area contributed by atoms with Crippen LogP contribution in [0.25, 0.3) is 11.5 Å². The molecule has 1 aliphatic heterocycles. The molecule has 1 atom stereocenters. The van der Waals surface area contributed by atoms with Crippen LogP contribution in [0.15, 0.2) is 55.2 Å². The summed E-state index contributed by atoms with van der Waals surface area (Å²) < 4.78 is 4.04. The highest BCUT2D eigenvalue weighted by Crippen LogP contribution is 2.45. The minimum absolute atomic E-state index is 0.0749. The van der Waals surface area contributed by atoms with Gasteiger partial charge in [-0.2, -0.15) is 0 Å². The molecular formula is C26H27N7O. The molecule has 4 heterocycles. The molecule has 8 heteroatoms. The summed E-state index contributed by atoms with van der Waals surface area (Å²) in [6.07, 6.45) is 8.00. The molecule has 34 heavy (non-hydrogen) atoms. The van der Waals surface area contributed by atoms with Crippen molar-refractivity contribution in [2.45, 2.75) is 58.2 Å². The van der Waals surface area contributed by atoms with Gasteiger partial charge in [0.1, 0.15) is 17.8 Å². The number of aromatic nitrogens is 6. The molecule has 1 aliphatic carbocycles. The smallest absolute Gasteiger partial charge is 0.262 e. The molecular weight excluding hydrogens is 426 g/mol. The van der Waals surface area contributed by atoms with Gasteiger partial charge in [-0.15, -0.1) is 10.2 Å². The lowest BCUT2D eigenvalue weighted by molar-refractivity contribution is 0.0972. The van der Waals surface area contributed by atoms with Gasteiger partial charge in [0.2, 0.25) is 0 Å². The zero-order chi connectivity index (χ0) is 23.6. The minimum Gasteiger partial charge on any atom is -0.310 e. The summed E-state index contributed by atoms with van der Waals surface area (Å²) in [6.45, 7) is 8.27. The van der Waals surface area contributed by atoms with Crippen molar-refractivity contribution in [1.82, 2.24) is 29.3 Å². The Labute approximate surface area is 198 Å². The van der Waals surface area contributed by atoms with E-state index in [0.29, 0.717) is 28.8 Å². The van der Waals surface area contributed by atoms with E-state index < -0.39 is 5.66 Å². The number of anilines is 1. The Balaban J connectivity index is 1.52. The zero-order valence-corrected chi connectivity index (χ0v) is 19.8. The fourth-order valence-electron chi connectivity index (χ4n) is 4.90. The third-order valence-electron chi connectivity index (χ3n) is 6.98. The van der Waals surface area contributed by atoms with Crippen LogP contribution < -0.4 is 4.90 Å². The molecule has 3 aromatic heterocycles. The Kier molecular flexibility index (Phi) is 4.49. The number of amides is 1. The molecule has 1 unspecified atom stereocenters. The summed E-state index contributed by atoms with van der Waals surface area (Å²) in [7, 11) is 0. The Morgan fingerprint density at radius 2 is 1.94 bits per heavy atom. The normalized spacial score (nSPS) is 19.8. The van der Waals surface area contributed by atoms with Crippen LogP contribution in [0.4, 0.5) is 5.82 Å². The molecule has 2 aliphatic rings. The Hall–Kier alpha value is -3.81. The number of rotatable bonds is 5. The number of benzene rings is 1. The van der Waals surface area contributed by atoms with Gasteiger partial charge in [0, 0.05) is 29.3 Å². The van der Waals surface area contributed by atoms with Crippen LogP contribution in [0.3, 0.4) is 0 Å². The lowest BCUT2D eigenvalue weighted by Crippen LogP contribution is -2.47. The molecule has 0 saturated heterocycles. The molecule has 0 N–H and O–H groups in total. The monoisotopic (exact) mass is 453 g/mol. The van der Waals surface area contributed by atoms with Gasteiger partial charge in [0.25, 0.3) is 5.91 Å². The van der Waals surface area contributed by atoms with Crippen LogP contribution >= 0.6 is 0 Å². The summed E-state index contributed by atoms with van der Waals surface area (Å²) in [4.78, 5) is 25.2. The summed E-state index contributed by atoms with van der Waals surface area (Å²) >= 11 is 0. The van der Waals surface area contributed by atoms with Crippen LogP contribution in [0.2, 0.25) is 0 Å². The van der Waals surface area contributed by atoms with E-state index >= 15 is 0 Å². The third-order valence-corrected chi connectivity index (χ3v) is 6.98. The van der Waals surface area contributed by atoms with Gasteiger partial charge in [-0.3, -0.25) is 9.69 Å². The van der Waals surface area contributed by atoms with Crippen molar-refractivity contribution in [2.75, 3.05) is 4.90 Å². The molecule has 6 rings (SSSR count). The number of fused-ring (bicyclic) bond motifs is 1. The summed E-state index contributed by atoms with van der Waals surface area (Å²) in [5, 5.41) is 8.39. The second-order valence-electron chi connectivity index (χ2n) is 9.73. The topological polar surface area (TPSA) is 81.7 Å². The van der Waals surface area contributed by atoms with Gasteiger partial charge in [-0.25, -0.2) is 9.97 Å². The highest BCUT2D eigenvalue weighted by Gasteiger charge is 2.49. The number of nitrogens with zero attached hydrogens (tertiary/aromatic N) is 7. The molecule has 0 bridgehead atoms. The van der Waals surface area contributed by atoms with E-state index in [1.165, 1.54) is 12.8 Å². The molecule has 8 nitrogen and oxygen atoms in total. The Morgan fingerprint density at radius 1 is 1.12 bits per heavy atom. The number of pyridine rings is 1. The van der Waals surface area contributed by atoms with Gasteiger partial charge in [0.15, 0.2) is 11.5 Å². The van der Waals surface area contributed by atoms with Crippen molar-refractivity contribution in [3.63, 3.8) is 0 Å². The fraction of sp³-hybridized carbons (Fsp3) is 0.346. The predicted octanol–water partition coefficient (Wildman–Crippen LogP) is 4.68. The van der Waals surface area contributed by atoms with Crippen LogP contribution in [0.1, 0.15) is 72.8 Å². The van der Waals surface area contributed by atoms with E-state index in [2.05, 4.69) is 59.7 Å². The fourth-order valence-corrected chi connectivity index (χ4v) is 4.90. The van der Waals surface area contributed by atoms with Gasteiger partial charge in [-0.05, 0) is 58.7 Å². The average Bonchev–Trinajstić information content (AvgIpc) is 3.26. The van der Waals surface area contributed by atoms with Crippen LogP contribution in [0.5, 0.6) is 0 Å². The molecule has 1 aromatic carbocycles. The van der Waals surface area contributed by atoms with Crippen molar-refractivity contribution in [3.8, 4) is 11.5 Å². The summed E-state index contributed by atoms with van der Waals surface area (Å²) in [5.41, 5.74) is 3.71. The van der Waals surface area contributed by atoms with E-state index in [-0.39, 0.29) is 11.9 Å². The highest BCUT2D eigenvalue weighted by atomic mass is 16.2. The minimum atomic E-state index is -0.796. The zero-order valence-electron chi connectivity index (χ0n) is 19.8. The molecule has 1 fully saturated rings. The lowest BCUT2D eigenvalue weighted by atomic mass is 9.97. The first kappa shape index (κ1) is 20.8. The van der Waals surface area contributed by atoms with Crippen molar-refractivity contribution >= 4 is 11.7 Å². The SMILES string of the molecule is Cc1ccc2c(c1)C(C)(n1cnc(C3CC3)c1)N(c1cccc(-c3nncn3C(C)C)n1)C2=O. The van der Waals surface area contributed by atoms with E-state index in [9.17, 15) is 4.79 Å². The maximum Gasteiger partial charge on any atom is 0.262 e. The van der Waals surface area contributed by atoms with Crippen molar-refractivity contribution in [3.05, 3.63) is 77.6 Å². The first-order chi connectivity index (χ1) is 16.4. The summed E-state index contributed by atoms with van der Waals surface area (Å²) in [5.74, 6) is 1.70. The molecule has 1 amide bonds. The van der Waals surface area contributed by atoms with Gasteiger partial charge < -0.3 is 9.13 Å². The van der Waals surface area contributed by atoms with E-state index in [1.807, 2.05) is 41.2 Å². The predicted molar refractivity (Wildman–Crippen MR) is 129 cm³/mol. The molecule has 172 valence electrons. The molecule has 0 radical (unpaired) electrons. The van der Waals surface area contributed by atoms with E-state index in [0.717, 1.165) is 16.8 Å². The first-order valence-electron chi connectivity index (χ1n) is 11.7. The van der Waals surface area contributed by atoms with E-state index in [1.54, 1.807) is 11.2 Å². The number of carbonyl (C=O) groups is 1. The van der Waals surface area contributed by atoms with Crippen LogP contribution in [-0.4, -0.2) is 35.2 Å². The third kappa shape index (κ3) is 3.01. The maximum atomic E-state index is 13.8. The van der Waals surface area contributed by atoms with Gasteiger partial charge in [-0.1, -0.05) is 23.8 Å². The maximum absolute atomic E-state index is 13.8. The number of aryl methyl sites for hydroxylation is 1. The standard InChI is InChI=1S/C26H27N7O/c1-16(2)32-15-28-30-24(32)21-6-5-7-23(29-21)33-25(34)19-11-8-17(3)12-20(19)26(33,4)31-13-22(27-14-31)18-9-10-18/h5-8,11-16,18H,9-10H2,1-4H3. The number of imidazole rings is 1. The quantitative estimate of drug-likeness (QED) is 0.438. The van der Waals surface area contributed by atoms with Crippen molar-refractivity contribution in [1.29, 1.82) is 0 Å². The molecule has 0 spiro atoms. The summed E-state index contributed by atoms with van der Waals surface area (Å²) in [6, 6.07) is 11.9. The highest BCUT2D eigenvalue weighted by molar-refractivity contribution is 6.11.